The lowest BCUT2D eigenvalue weighted by atomic mass is 10.0. The lowest BCUT2D eigenvalue weighted by Gasteiger charge is -2.36. The Hall–Kier alpha value is -0.970. The molecule has 1 aromatic heterocycles. The Bertz CT molecular complexity index is 390. The normalized spacial score (nSPS) is 19.6. The van der Waals surface area contributed by atoms with E-state index >= 15 is 0 Å². The zero-order chi connectivity index (χ0) is 15.1. The van der Waals surface area contributed by atoms with Gasteiger partial charge in [-0.1, -0.05) is 19.9 Å². The molecule has 2 unspecified atom stereocenters. The maximum atomic E-state index is 5.48. The van der Waals surface area contributed by atoms with Crippen LogP contribution in [0, 0.1) is 5.92 Å². The molecule has 21 heavy (non-hydrogen) atoms. The zero-order valence-electron chi connectivity index (χ0n) is 13.6. The zero-order valence-corrected chi connectivity index (χ0v) is 13.6. The second-order valence-electron chi connectivity index (χ2n) is 6.32. The molecule has 1 saturated heterocycles. The van der Waals surface area contributed by atoms with Crippen LogP contribution in [-0.4, -0.2) is 48.8 Å². The van der Waals surface area contributed by atoms with Crippen LogP contribution in [0.2, 0.25) is 0 Å². The highest BCUT2D eigenvalue weighted by atomic mass is 16.5. The van der Waals surface area contributed by atoms with Crippen molar-refractivity contribution in [2.75, 3.05) is 32.8 Å². The summed E-state index contributed by atoms with van der Waals surface area (Å²) in [5, 5.41) is 3.66. The smallest absolute Gasteiger partial charge is 0.0594 e. The summed E-state index contributed by atoms with van der Waals surface area (Å²) in [5.41, 5.74) is 1.11. The van der Waals surface area contributed by atoms with Gasteiger partial charge in [-0.25, -0.2) is 0 Å². The molecule has 2 rings (SSSR count). The summed E-state index contributed by atoms with van der Waals surface area (Å²) in [4.78, 5) is 7.01. The van der Waals surface area contributed by atoms with Gasteiger partial charge in [-0.05, 0) is 31.4 Å². The van der Waals surface area contributed by atoms with E-state index < -0.39 is 0 Å². The van der Waals surface area contributed by atoms with Crippen molar-refractivity contribution in [3.05, 3.63) is 30.1 Å². The quantitative estimate of drug-likeness (QED) is 0.837. The third kappa shape index (κ3) is 5.38. The fourth-order valence-corrected chi connectivity index (χ4v) is 2.90. The van der Waals surface area contributed by atoms with Crippen LogP contribution in [0.25, 0.3) is 0 Å². The van der Waals surface area contributed by atoms with E-state index in [0.29, 0.717) is 18.0 Å². The van der Waals surface area contributed by atoms with E-state index in [-0.39, 0.29) is 0 Å². The molecule has 1 N–H and O–H groups in total. The Morgan fingerprint density at radius 1 is 1.24 bits per heavy atom. The SMILES string of the molecule is CC(C)CC(CNC(C)c1ccccn1)N1CCOCC1. The minimum atomic E-state index is 0.293. The number of pyridine rings is 1. The third-order valence-electron chi connectivity index (χ3n) is 4.10. The van der Waals surface area contributed by atoms with Gasteiger partial charge in [0.05, 0.1) is 18.9 Å². The van der Waals surface area contributed by atoms with Crippen molar-refractivity contribution >= 4 is 0 Å². The first-order valence-electron chi connectivity index (χ1n) is 8.13. The number of ether oxygens (including phenoxy) is 1. The molecule has 0 bridgehead atoms. The van der Waals surface area contributed by atoms with E-state index in [2.05, 4.69) is 42.0 Å². The van der Waals surface area contributed by atoms with Crippen LogP contribution in [0.3, 0.4) is 0 Å². The molecule has 1 aromatic rings. The van der Waals surface area contributed by atoms with Gasteiger partial charge in [-0.3, -0.25) is 9.88 Å². The molecule has 0 radical (unpaired) electrons. The van der Waals surface area contributed by atoms with E-state index in [1.165, 1.54) is 6.42 Å². The number of hydrogen-bond acceptors (Lipinski definition) is 4. The molecule has 0 aromatic carbocycles. The van der Waals surface area contributed by atoms with Crippen LogP contribution in [0.1, 0.15) is 38.9 Å². The molecular formula is C17H29N3O. The Morgan fingerprint density at radius 3 is 2.62 bits per heavy atom. The van der Waals surface area contributed by atoms with Gasteiger partial charge in [0.1, 0.15) is 0 Å². The number of nitrogens with zero attached hydrogens (tertiary/aromatic N) is 2. The maximum Gasteiger partial charge on any atom is 0.0594 e. The van der Waals surface area contributed by atoms with Gasteiger partial charge in [0.2, 0.25) is 0 Å². The molecule has 2 atom stereocenters. The van der Waals surface area contributed by atoms with Crippen molar-refractivity contribution in [2.24, 2.45) is 5.92 Å². The van der Waals surface area contributed by atoms with E-state index in [1.807, 2.05) is 18.3 Å². The van der Waals surface area contributed by atoms with Crippen molar-refractivity contribution in [3.8, 4) is 0 Å². The van der Waals surface area contributed by atoms with Gasteiger partial charge in [0.15, 0.2) is 0 Å². The molecule has 0 amide bonds. The van der Waals surface area contributed by atoms with Crippen LogP contribution in [0.4, 0.5) is 0 Å². The van der Waals surface area contributed by atoms with Crippen LogP contribution < -0.4 is 5.32 Å². The van der Waals surface area contributed by atoms with Gasteiger partial charge >= 0.3 is 0 Å². The fourth-order valence-electron chi connectivity index (χ4n) is 2.90. The second-order valence-corrected chi connectivity index (χ2v) is 6.32. The predicted octanol–water partition coefficient (Wildman–Crippen LogP) is 2.48. The van der Waals surface area contributed by atoms with E-state index in [9.17, 15) is 0 Å². The first-order valence-corrected chi connectivity index (χ1v) is 8.13. The molecule has 1 fully saturated rings. The number of morpholine rings is 1. The molecule has 0 aliphatic carbocycles. The Kier molecular flexibility index (Phi) is 6.61. The third-order valence-corrected chi connectivity index (χ3v) is 4.10. The summed E-state index contributed by atoms with van der Waals surface area (Å²) in [5.74, 6) is 0.713. The lowest BCUT2D eigenvalue weighted by Crippen LogP contribution is -2.48. The summed E-state index contributed by atoms with van der Waals surface area (Å²) >= 11 is 0. The van der Waals surface area contributed by atoms with Gasteiger partial charge in [0.25, 0.3) is 0 Å². The van der Waals surface area contributed by atoms with Gasteiger partial charge in [-0.15, -0.1) is 0 Å². The van der Waals surface area contributed by atoms with Gasteiger partial charge in [0, 0.05) is 37.9 Å². The van der Waals surface area contributed by atoms with Crippen molar-refractivity contribution in [2.45, 2.75) is 39.3 Å². The van der Waals surface area contributed by atoms with Crippen LogP contribution in [0.15, 0.2) is 24.4 Å². The first-order chi connectivity index (χ1) is 10.2. The summed E-state index contributed by atoms with van der Waals surface area (Å²) in [7, 11) is 0. The van der Waals surface area contributed by atoms with Crippen LogP contribution in [-0.2, 0) is 4.74 Å². The van der Waals surface area contributed by atoms with Crippen molar-refractivity contribution in [3.63, 3.8) is 0 Å². The molecule has 4 nitrogen and oxygen atoms in total. The summed E-state index contributed by atoms with van der Waals surface area (Å²) in [6.07, 6.45) is 3.09. The predicted molar refractivity (Wildman–Crippen MR) is 86.3 cm³/mol. The molecule has 1 aliphatic rings. The van der Waals surface area contributed by atoms with Gasteiger partial charge < -0.3 is 10.1 Å². The number of rotatable bonds is 7. The molecule has 118 valence electrons. The first kappa shape index (κ1) is 16.4. The molecule has 4 heteroatoms. The summed E-state index contributed by atoms with van der Waals surface area (Å²) in [6.45, 7) is 11.6. The van der Waals surface area contributed by atoms with Crippen molar-refractivity contribution in [1.82, 2.24) is 15.2 Å². The minimum absolute atomic E-state index is 0.293. The topological polar surface area (TPSA) is 37.4 Å². The highest BCUT2D eigenvalue weighted by Gasteiger charge is 2.22. The number of nitrogens with one attached hydrogen (secondary N) is 1. The average Bonchev–Trinajstić information content (AvgIpc) is 2.52. The monoisotopic (exact) mass is 291 g/mol. The molecule has 0 spiro atoms. The summed E-state index contributed by atoms with van der Waals surface area (Å²) in [6, 6.07) is 6.98. The largest absolute Gasteiger partial charge is 0.379 e. The highest BCUT2D eigenvalue weighted by molar-refractivity contribution is 5.07. The maximum absolute atomic E-state index is 5.48. The van der Waals surface area contributed by atoms with Gasteiger partial charge in [-0.2, -0.15) is 0 Å². The standard InChI is InChI=1S/C17H29N3O/c1-14(2)12-16(20-8-10-21-11-9-20)13-19-15(3)17-6-4-5-7-18-17/h4-7,14-16,19H,8-13H2,1-3H3. The lowest BCUT2D eigenvalue weighted by molar-refractivity contribution is 0.0119. The molecule has 1 aliphatic heterocycles. The Balaban J connectivity index is 1.88. The minimum Gasteiger partial charge on any atom is -0.379 e. The van der Waals surface area contributed by atoms with Crippen molar-refractivity contribution < 1.29 is 4.74 Å². The Morgan fingerprint density at radius 2 is 2.00 bits per heavy atom. The second kappa shape index (κ2) is 8.47. The average molecular weight is 291 g/mol. The highest BCUT2D eigenvalue weighted by Crippen LogP contribution is 2.15. The summed E-state index contributed by atoms with van der Waals surface area (Å²) < 4.78 is 5.48. The van der Waals surface area contributed by atoms with E-state index in [1.54, 1.807) is 0 Å². The van der Waals surface area contributed by atoms with Crippen LogP contribution in [0.5, 0.6) is 0 Å². The number of hydrogen-bond donors (Lipinski definition) is 1. The molecule has 0 saturated carbocycles. The number of aromatic nitrogens is 1. The van der Waals surface area contributed by atoms with Crippen LogP contribution >= 0.6 is 0 Å². The van der Waals surface area contributed by atoms with Crippen molar-refractivity contribution in [1.29, 1.82) is 0 Å². The van der Waals surface area contributed by atoms with E-state index in [0.717, 1.165) is 38.5 Å². The Labute approximate surface area is 128 Å². The molecule has 2 heterocycles. The fraction of sp³-hybridized carbons (Fsp3) is 0.706. The molecular weight excluding hydrogens is 262 g/mol. The van der Waals surface area contributed by atoms with E-state index in [4.69, 9.17) is 4.74 Å².